The molecule has 0 saturated heterocycles. The van der Waals surface area contributed by atoms with Crippen LogP contribution in [0.1, 0.15) is 0 Å². The predicted octanol–water partition coefficient (Wildman–Crippen LogP) is 3.16. The summed E-state index contributed by atoms with van der Waals surface area (Å²) in [7, 11) is 1.62. The Morgan fingerprint density at radius 2 is 2.00 bits per heavy atom. The van der Waals surface area contributed by atoms with E-state index in [9.17, 15) is 0 Å². The number of hydrogen-bond donors (Lipinski definition) is 2. The van der Waals surface area contributed by atoms with E-state index in [4.69, 9.17) is 14.9 Å². The maximum atomic E-state index is 5.84. The number of anilines is 3. The minimum Gasteiger partial charge on any atom is -0.495 e. The number of rotatable bonds is 3. The number of nitrogen functional groups attached to an aromatic ring is 1. The highest BCUT2D eigenvalue weighted by molar-refractivity contribution is 5.86. The first kappa shape index (κ1) is 11.4. The van der Waals surface area contributed by atoms with Gasteiger partial charge >= 0.3 is 0 Å². The molecular formula is C14H13N3O2. The van der Waals surface area contributed by atoms with E-state index in [1.54, 1.807) is 13.2 Å². The zero-order valence-corrected chi connectivity index (χ0v) is 10.4. The number of nitrogens with zero attached hydrogens (tertiary/aromatic N) is 1. The van der Waals surface area contributed by atoms with Gasteiger partial charge in [0.2, 0.25) is 0 Å². The van der Waals surface area contributed by atoms with Crippen molar-refractivity contribution in [2.45, 2.75) is 0 Å². The summed E-state index contributed by atoms with van der Waals surface area (Å²) < 4.78 is 10.9. The third-order valence-corrected chi connectivity index (χ3v) is 2.80. The van der Waals surface area contributed by atoms with E-state index >= 15 is 0 Å². The Morgan fingerprint density at radius 1 is 1.16 bits per heavy atom. The molecule has 0 bridgehead atoms. The van der Waals surface area contributed by atoms with Gasteiger partial charge in [0, 0.05) is 0 Å². The van der Waals surface area contributed by atoms with Gasteiger partial charge < -0.3 is 20.2 Å². The van der Waals surface area contributed by atoms with Crippen molar-refractivity contribution in [2.75, 3.05) is 18.2 Å². The third-order valence-electron chi connectivity index (χ3n) is 2.80. The molecule has 5 nitrogen and oxygen atoms in total. The van der Waals surface area contributed by atoms with E-state index in [2.05, 4.69) is 10.3 Å². The highest BCUT2D eigenvalue weighted by Crippen LogP contribution is 2.29. The fourth-order valence-corrected chi connectivity index (χ4v) is 1.89. The molecular weight excluding hydrogens is 242 g/mol. The minimum absolute atomic E-state index is 0.386. The summed E-state index contributed by atoms with van der Waals surface area (Å²) >= 11 is 0. The summed E-state index contributed by atoms with van der Waals surface area (Å²) in [5, 5.41) is 3.08. The molecule has 1 heterocycles. The lowest BCUT2D eigenvalue weighted by molar-refractivity contribution is 0.416. The molecule has 0 atom stereocenters. The maximum absolute atomic E-state index is 5.84. The molecule has 0 fully saturated rings. The van der Waals surface area contributed by atoms with Gasteiger partial charge in [0.1, 0.15) is 11.3 Å². The zero-order valence-electron chi connectivity index (χ0n) is 10.4. The number of methoxy groups -OCH3 is 1. The Morgan fingerprint density at radius 3 is 2.79 bits per heavy atom. The van der Waals surface area contributed by atoms with Crippen molar-refractivity contribution in [1.29, 1.82) is 0 Å². The summed E-state index contributed by atoms with van der Waals surface area (Å²) in [4.78, 5) is 4.32. The van der Waals surface area contributed by atoms with Crippen molar-refractivity contribution in [3.63, 3.8) is 0 Å². The van der Waals surface area contributed by atoms with Gasteiger partial charge in [-0.3, -0.25) is 0 Å². The summed E-state index contributed by atoms with van der Waals surface area (Å²) in [6.45, 7) is 0. The Bertz CT molecular complexity index is 722. The number of ether oxygens (including phenoxy) is 1. The van der Waals surface area contributed by atoms with Crippen LogP contribution in [0.4, 0.5) is 17.4 Å². The van der Waals surface area contributed by atoms with Crippen LogP contribution in [0, 0.1) is 0 Å². The van der Waals surface area contributed by atoms with Crippen molar-refractivity contribution in [1.82, 2.24) is 4.98 Å². The molecule has 0 saturated carbocycles. The number of nitrogens with two attached hydrogens (primary N) is 1. The smallest absolute Gasteiger partial charge is 0.300 e. The second-order valence-corrected chi connectivity index (χ2v) is 4.04. The molecule has 5 heteroatoms. The van der Waals surface area contributed by atoms with E-state index in [0.29, 0.717) is 22.8 Å². The maximum Gasteiger partial charge on any atom is 0.300 e. The first-order valence-electron chi connectivity index (χ1n) is 5.83. The molecule has 19 heavy (non-hydrogen) atoms. The molecule has 3 aromatic rings. The summed E-state index contributed by atoms with van der Waals surface area (Å²) in [6.07, 6.45) is 0. The van der Waals surface area contributed by atoms with Gasteiger partial charge in [-0.2, -0.15) is 4.98 Å². The first-order valence-corrected chi connectivity index (χ1v) is 5.83. The Kier molecular flexibility index (Phi) is 2.72. The highest BCUT2D eigenvalue weighted by atomic mass is 16.5. The second-order valence-electron chi connectivity index (χ2n) is 4.04. The Labute approximate surface area is 110 Å². The fourth-order valence-electron chi connectivity index (χ4n) is 1.89. The van der Waals surface area contributed by atoms with Gasteiger partial charge in [-0.05, 0) is 24.3 Å². The van der Waals surface area contributed by atoms with Crippen LogP contribution >= 0.6 is 0 Å². The SMILES string of the molecule is COc1ccccc1Nc1nc2c(N)cccc2o1. The van der Waals surface area contributed by atoms with Crippen LogP contribution in [0.5, 0.6) is 5.75 Å². The number of aromatic nitrogens is 1. The van der Waals surface area contributed by atoms with Gasteiger partial charge in [-0.1, -0.05) is 18.2 Å². The fraction of sp³-hybridized carbons (Fsp3) is 0.0714. The van der Waals surface area contributed by atoms with Crippen molar-refractivity contribution in [3.05, 3.63) is 42.5 Å². The van der Waals surface area contributed by atoms with Crippen LogP contribution in [0.3, 0.4) is 0 Å². The van der Waals surface area contributed by atoms with Gasteiger partial charge in [0.05, 0.1) is 18.5 Å². The van der Waals surface area contributed by atoms with Crippen molar-refractivity contribution >= 4 is 28.5 Å². The number of nitrogens with one attached hydrogen (secondary N) is 1. The number of benzene rings is 2. The number of oxazole rings is 1. The van der Waals surface area contributed by atoms with Crippen molar-refractivity contribution in [2.24, 2.45) is 0 Å². The molecule has 0 aliphatic heterocycles. The van der Waals surface area contributed by atoms with Crippen LogP contribution in [0.25, 0.3) is 11.1 Å². The van der Waals surface area contributed by atoms with Crippen molar-refractivity contribution < 1.29 is 9.15 Å². The molecule has 0 aliphatic carbocycles. The van der Waals surface area contributed by atoms with Crippen LogP contribution in [0.2, 0.25) is 0 Å². The van der Waals surface area contributed by atoms with Crippen LogP contribution in [-0.4, -0.2) is 12.1 Å². The topological polar surface area (TPSA) is 73.3 Å². The lowest BCUT2D eigenvalue weighted by Crippen LogP contribution is -1.94. The van der Waals surface area contributed by atoms with Gasteiger partial charge in [0.15, 0.2) is 5.58 Å². The molecule has 3 N–H and O–H groups in total. The summed E-state index contributed by atoms with van der Waals surface area (Å²) in [5.74, 6) is 0.720. The summed E-state index contributed by atoms with van der Waals surface area (Å²) in [6, 6.07) is 13.4. The van der Waals surface area contributed by atoms with Crippen molar-refractivity contribution in [3.8, 4) is 5.75 Å². The molecule has 3 rings (SSSR count). The van der Waals surface area contributed by atoms with Gasteiger partial charge in [0.25, 0.3) is 6.01 Å². The second kappa shape index (κ2) is 4.53. The number of hydrogen-bond acceptors (Lipinski definition) is 5. The molecule has 0 aliphatic rings. The molecule has 0 unspecified atom stereocenters. The van der Waals surface area contributed by atoms with Gasteiger partial charge in [-0.15, -0.1) is 0 Å². The van der Waals surface area contributed by atoms with Gasteiger partial charge in [-0.25, -0.2) is 0 Å². The standard InChI is InChI=1S/C14H13N3O2/c1-18-11-7-3-2-6-10(11)16-14-17-13-9(15)5-4-8-12(13)19-14/h2-8H,15H2,1H3,(H,16,17). The number of para-hydroxylation sites is 3. The molecule has 0 spiro atoms. The molecule has 1 aromatic heterocycles. The van der Waals surface area contributed by atoms with Crippen LogP contribution in [0.15, 0.2) is 46.9 Å². The largest absolute Gasteiger partial charge is 0.495 e. The van der Waals surface area contributed by atoms with E-state index in [0.717, 1.165) is 11.4 Å². The average Bonchev–Trinajstić information content (AvgIpc) is 2.83. The molecule has 2 aromatic carbocycles. The first-order chi connectivity index (χ1) is 9.28. The highest BCUT2D eigenvalue weighted by Gasteiger charge is 2.10. The predicted molar refractivity (Wildman–Crippen MR) is 74.7 cm³/mol. The average molecular weight is 255 g/mol. The Balaban J connectivity index is 1.99. The third kappa shape index (κ3) is 2.06. The van der Waals surface area contributed by atoms with E-state index < -0.39 is 0 Å². The lowest BCUT2D eigenvalue weighted by atomic mass is 10.3. The van der Waals surface area contributed by atoms with E-state index in [1.807, 2.05) is 36.4 Å². The number of fused-ring (bicyclic) bond motifs is 1. The normalized spacial score (nSPS) is 10.6. The van der Waals surface area contributed by atoms with Crippen LogP contribution in [-0.2, 0) is 0 Å². The quantitative estimate of drug-likeness (QED) is 0.703. The lowest BCUT2D eigenvalue weighted by Gasteiger charge is -2.07. The summed E-state index contributed by atoms with van der Waals surface area (Å²) in [5.41, 5.74) is 8.53. The minimum atomic E-state index is 0.386. The van der Waals surface area contributed by atoms with Crippen LogP contribution < -0.4 is 15.8 Å². The molecule has 96 valence electrons. The molecule has 0 radical (unpaired) electrons. The monoisotopic (exact) mass is 255 g/mol. The molecule has 0 amide bonds. The van der Waals surface area contributed by atoms with E-state index in [1.165, 1.54) is 0 Å². The Hall–Kier alpha value is -2.69. The zero-order chi connectivity index (χ0) is 13.2. The van der Waals surface area contributed by atoms with E-state index in [-0.39, 0.29) is 0 Å².